The van der Waals surface area contributed by atoms with Gasteiger partial charge in [-0.05, 0) is 23.6 Å². The number of methoxy groups -OCH3 is 1. The third kappa shape index (κ3) is 1.41. The Labute approximate surface area is 95.9 Å². The molecule has 0 spiro atoms. The van der Waals surface area contributed by atoms with Crippen LogP contribution in [0, 0.1) is 5.92 Å². The van der Waals surface area contributed by atoms with E-state index in [9.17, 15) is 4.79 Å². The van der Waals surface area contributed by atoms with E-state index >= 15 is 0 Å². The zero-order chi connectivity index (χ0) is 11.8. The van der Waals surface area contributed by atoms with Crippen molar-refractivity contribution in [2.24, 2.45) is 5.92 Å². The van der Waals surface area contributed by atoms with Crippen molar-refractivity contribution in [3.63, 3.8) is 0 Å². The molecule has 84 valence electrons. The van der Waals surface area contributed by atoms with Crippen LogP contribution in [0.2, 0.25) is 0 Å². The molecule has 2 nitrogen and oxygen atoms in total. The van der Waals surface area contributed by atoms with E-state index in [-0.39, 0.29) is 11.7 Å². The molecule has 0 bridgehead atoms. The van der Waals surface area contributed by atoms with Crippen LogP contribution < -0.4 is 0 Å². The lowest BCUT2D eigenvalue weighted by Gasteiger charge is -2.37. The summed E-state index contributed by atoms with van der Waals surface area (Å²) in [7, 11) is 1.69. The summed E-state index contributed by atoms with van der Waals surface area (Å²) < 4.78 is 5.68. The van der Waals surface area contributed by atoms with Crippen molar-refractivity contribution in [1.82, 2.24) is 0 Å². The second-order valence-electron chi connectivity index (χ2n) is 4.40. The molecule has 2 rings (SSSR count). The third-order valence-electron chi connectivity index (χ3n) is 3.29. The van der Waals surface area contributed by atoms with Gasteiger partial charge in [0.25, 0.3) is 0 Å². The molecule has 16 heavy (non-hydrogen) atoms. The van der Waals surface area contributed by atoms with Gasteiger partial charge in [0, 0.05) is 12.7 Å². The van der Waals surface area contributed by atoms with Crippen molar-refractivity contribution in [3.8, 4) is 0 Å². The number of carbonyl (C=O) groups is 1. The standard InChI is InChI=1S/C14H16O2/c1-10(2)14(16-3)9-8-13(15)11-6-4-5-7-12(11)14/h4-10H,1-3H3. The average molecular weight is 216 g/mol. The number of fused-ring (bicyclic) bond motifs is 1. The molecular formula is C14H16O2. The summed E-state index contributed by atoms with van der Waals surface area (Å²) in [6.07, 6.45) is 3.49. The molecule has 1 aliphatic carbocycles. The van der Waals surface area contributed by atoms with E-state index in [1.807, 2.05) is 30.3 Å². The lowest BCUT2D eigenvalue weighted by molar-refractivity contribution is -0.0121. The molecule has 0 N–H and O–H groups in total. The average Bonchev–Trinajstić information content (AvgIpc) is 2.30. The summed E-state index contributed by atoms with van der Waals surface area (Å²) in [5.41, 5.74) is 1.25. The molecule has 1 atom stereocenters. The van der Waals surface area contributed by atoms with Crippen LogP contribution in [0.25, 0.3) is 0 Å². The molecule has 2 heteroatoms. The number of ether oxygens (including phenoxy) is 1. The molecule has 0 fully saturated rings. The number of benzene rings is 1. The zero-order valence-corrected chi connectivity index (χ0v) is 9.86. The maximum absolute atomic E-state index is 11.8. The number of ketones is 1. The molecule has 0 aliphatic heterocycles. The fraction of sp³-hybridized carbons (Fsp3) is 0.357. The summed E-state index contributed by atoms with van der Waals surface area (Å²) in [5.74, 6) is 0.340. The van der Waals surface area contributed by atoms with Crippen LogP contribution in [-0.4, -0.2) is 12.9 Å². The Morgan fingerprint density at radius 3 is 2.56 bits per heavy atom. The Morgan fingerprint density at radius 2 is 1.94 bits per heavy atom. The molecule has 1 aromatic carbocycles. The van der Waals surface area contributed by atoms with Gasteiger partial charge < -0.3 is 4.74 Å². The van der Waals surface area contributed by atoms with Gasteiger partial charge in [-0.25, -0.2) is 0 Å². The minimum absolute atomic E-state index is 0.0592. The van der Waals surface area contributed by atoms with Gasteiger partial charge in [-0.3, -0.25) is 4.79 Å². The molecule has 0 amide bonds. The molecule has 0 saturated carbocycles. The highest BCUT2D eigenvalue weighted by Gasteiger charge is 2.38. The monoisotopic (exact) mass is 216 g/mol. The molecule has 1 aromatic rings. The maximum Gasteiger partial charge on any atom is 0.186 e. The summed E-state index contributed by atoms with van der Waals surface area (Å²) in [6, 6.07) is 7.66. The van der Waals surface area contributed by atoms with E-state index in [1.165, 1.54) is 0 Å². The predicted octanol–water partition coefficient (Wildman–Crippen LogP) is 2.94. The second-order valence-corrected chi connectivity index (χ2v) is 4.40. The molecular weight excluding hydrogens is 200 g/mol. The number of allylic oxidation sites excluding steroid dienone is 1. The van der Waals surface area contributed by atoms with Gasteiger partial charge >= 0.3 is 0 Å². The van der Waals surface area contributed by atoms with Crippen LogP contribution >= 0.6 is 0 Å². The predicted molar refractivity (Wildman–Crippen MR) is 63.4 cm³/mol. The highest BCUT2D eigenvalue weighted by atomic mass is 16.5. The Bertz CT molecular complexity index is 446. The Kier molecular flexibility index (Phi) is 2.68. The highest BCUT2D eigenvalue weighted by molar-refractivity contribution is 6.07. The van der Waals surface area contributed by atoms with Gasteiger partial charge in [-0.15, -0.1) is 0 Å². The number of carbonyl (C=O) groups excluding carboxylic acids is 1. The van der Waals surface area contributed by atoms with Crippen molar-refractivity contribution in [2.45, 2.75) is 19.4 Å². The summed E-state index contributed by atoms with van der Waals surface area (Å²) in [5, 5.41) is 0. The molecule has 1 aliphatic rings. The number of hydrogen-bond acceptors (Lipinski definition) is 2. The van der Waals surface area contributed by atoms with E-state index in [0.29, 0.717) is 0 Å². The van der Waals surface area contributed by atoms with Gasteiger partial charge in [-0.2, -0.15) is 0 Å². The van der Waals surface area contributed by atoms with Crippen molar-refractivity contribution < 1.29 is 9.53 Å². The van der Waals surface area contributed by atoms with E-state index in [2.05, 4.69) is 13.8 Å². The van der Waals surface area contributed by atoms with Crippen LogP contribution in [0.3, 0.4) is 0 Å². The SMILES string of the molecule is COC1(C(C)C)C=CC(=O)c2ccccc21. The maximum atomic E-state index is 11.8. The largest absolute Gasteiger partial charge is 0.369 e. The molecule has 0 heterocycles. The topological polar surface area (TPSA) is 26.3 Å². The lowest BCUT2D eigenvalue weighted by atomic mass is 9.76. The fourth-order valence-electron chi connectivity index (χ4n) is 2.33. The van der Waals surface area contributed by atoms with Crippen molar-refractivity contribution in [2.75, 3.05) is 7.11 Å². The van der Waals surface area contributed by atoms with E-state index in [0.717, 1.165) is 11.1 Å². The van der Waals surface area contributed by atoms with Gasteiger partial charge in [0.2, 0.25) is 0 Å². The van der Waals surface area contributed by atoms with Crippen molar-refractivity contribution >= 4 is 5.78 Å². The minimum atomic E-state index is -0.468. The van der Waals surface area contributed by atoms with Crippen LogP contribution in [0.5, 0.6) is 0 Å². The van der Waals surface area contributed by atoms with Crippen LogP contribution in [0.4, 0.5) is 0 Å². The van der Waals surface area contributed by atoms with E-state index < -0.39 is 5.60 Å². The first kappa shape index (κ1) is 11.1. The molecule has 0 radical (unpaired) electrons. The molecule has 0 aromatic heterocycles. The number of hydrogen-bond donors (Lipinski definition) is 0. The fourth-order valence-corrected chi connectivity index (χ4v) is 2.33. The summed E-state index contributed by atoms with van der Waals surface area (Å²) >= 11 is 0. The first-order valence-electron chi connectivity index (χ1n) is 5.50. The first-order chi connectivity index (χ1) is 7.62. The summed E-state index contributed by atoms with van der Waals surface area (Å²) in [6.45, 7) is 4.20. The van der Waals surface area contributed by atoms with Crippen LogP contribution in [0.1, 0.15) is 29.8 Å². The molecule has 0 saturated heterocycles. The Hall–Kier alpha value is -1.41. The van der Waals surface area contributed by atoms with Gasteiger partial charge in [0.15, 0.2) is 5.78 Å². The third-order valence-corrected chi connectivity index (χ3v) is 3.29. The number of rotatable bonds is 2. The van der Waals surface area contributed by atoms with Gasteiger partial charge in [0.05, 0.1) is 0 Å². The lowest BCUT2D eigenvalue weighted by Crippen LogP contribution is -2.36. The normalized spacial score (nSPS) is 23.6. The quantitative estimate of drug-likeness (QED) is 0.759. The Morgan fingerprint density at radius 1 is 1.25 bits per heavy atom. The smallest absolute Gasteiger partial charge is 0.186 e. The van der Waals surface area contributed by atoms with Crippen LogP contribution in [0.15, 0.2) is 36.4 Å². The van der Waals surface area contributed by atoms with Crippen molar-refractivity contribution in [3.05, 3.63) is 47.5 Å². The summed E-state index contributed by atoms with van der Waals surface area (Å²) in [4.78, 5) is 11.8. The van der Waals surface area contributed by atoms with E-state index in [4.69, 9.17) is 4.74 Å². The Balaban J connectivity index is 2.66. The molecule has 1 unspecified atom stereocenters. The first-order valence-corrected chi connectivity index (χ1v) is 5.50. The highest BCUT2D eigenvalue weighted by Crippen LogP contribution is 2.39. The van der Waals surface area contributed by atoms with Gasteiger partial charge in [-0.1, -0.05) is 38.1 Å². The van der Waals surface area contributed by atoms with Crippen LogP contribution in [-0.2, 0) is 10.3 Å². The van der Waals surface area contributed by atoms with Gasteiger partial charge in [0.1, 0.15) is 5.60 Å². The second kappa shape index (κ2) is 3.87. The minimum Gasteiger partial charge on any atom is -0.369 e. The van der Waals surface area contributed by atoms with Crippen molar-refractivity contribution in [1.29, 1.82) is 0 Å². The zero-order valence-electron chi connectivity index (χ0n) is 9.86. The van der Waals surface area contributed by atoms with E-state index in [1.54, 1.807) is 13.2 Å².